The van der Waals surface area contributed by atoms with Gasteiger partial charge in [-0.05, 0) is 24.6 Å². The van der Waals surface area contributed by atoms with Crippen molar-refractivity contribution < 1.29 is 19.4 Å². The minimum atomic E-state index is -1.00. The molecule has 2 rings (SSSR count). The second-order valence-corrected chi connectivity index (χ2v) is 4.42. The zero-order valence-corrected chi connectivity index (χ0v) is 10.8. The van der Waals surface area contributed by atoms with E-state index in [-0.39, 0.29) is 17.9 Å². The summed E-state index contributed by atoms with van der Waals surface area (Å²) in [5.74, 6) is -0.889. The molecule has 5 nitrogen and oxygen atoms in total. The van der Waals surface area contributed by atoms with Gasteiger partial charge in [0, 0.05) is 18.0 Å². The molecule has 19 heavy (non-hydrogen) atoms. The van der Waals surface area contributed by atoms with Gasteiger partial charge in [0.25, 0.3) is 0 Å². The minimum absolute atomic E-state index is 0.144. The van der Waals surface area contributed by atoms with Crippen LogP contribution in [0.4, 0.5) is 0 Å². The van der Waals surface area contributed by atoms with Crippen LogP contribution in [0.2, 0.25) is 0 Å². The normalized spacial score (nSPS) is 19.1. The highest BCUT2D eigenvalue weighted by Crippen LogP contribution is 2.33. The minimum Gasteiger partial charge on any atom is -0.497 e. The third kappa shape index (κ3) is 2.59. The number of carboxylic acid groups (broad SMARTS) is 1. The molecular formula is C14H15NO4. The zero-order valence-electron chi connectivity index (χ0n) is 10.8. The van der Waals surface area contributed by atoms with Crippen LogP contribution < -0.4 is 10.1 Å². The van der Waals surface area contributed by atoms with E-state index >= 15 is 0 Å². The fourth-order valence-electron chi connectivity index (χ4n) is 2.31. The van der Waals surface area contributed by atoms with Crippen LogP contribution >= 0.6 is 0 Å². The largest absolute Gasteiger partial charge is 0.497 e. The van der Waals surface area contributed by atoms with Gasteiger partial charge in [0.2, 0.25) is 5.91 Å². The molecule has 1 aliphatic heterocycles. The molecule has 1 aliphatic rings. The number of methoxy groups -OCH3 is 1. The lowest BCUT2D eigenvalue weighted by atomic mass is 9.84. The lowest BCUT2D eigenvalue weighted by Gasteiger charge is -2.25. The van der Waals surface area contributed by atoms with Gasteiger partial charge in [-0.1, -0.05) is 12.1 Å². The van der Waals surface area contributed by atoms with E-state index in [9.17, 15) is 14.7 Å². The topological polar surface area (TPSA) is 75.6 Å². The predicted molar refractivity (Wildman–Crippen MR) is 68.8 cm³/mol. The zero-order chi connectivity index (χ0) is 14.0. The molecule has 1 unspecified atom stereocenters. The first-order chi connectivity index (χ1) is 9.02. The van der Waals surface area contributed by atoms with Gasteiger partial charge in [-0.2, -0.15) is 0 Å². The molecule has 1 heterocycles. The number of benzene rings is 1. The van der Waals surface area contributed by atoms with Crippen molar-refractivity contribution in [1.29, 1.82) is 0 Å². The highest BCUT2D eigenvalue weighted by Gasteiger charge is 2.31. The number of hydrogen-bond acceptors (Lipinski definition) is 3. The monoisotopic (exact) mass is 261 g/mol. The van der Waals surface area contributed by atoms with E-state index in [1.54, 1.807) is 38.3 Å². The van der Waals surface area contributed by atoms with Gasteiger partial charge in [0.15, 0.2) is 0 Å². The Labute approximate surface area is 110 Å². The summed E-state index contributed by atoms with van der Waals surface area (Å²) in [6.45, 7) is 1.61. The summed E-state index contributed by atoms with van der Waals surface area (Å²) in [5, 5.41) is 11.9. The average molecular weight is 261 g/mol. The Morgan fingerprint density at radius 3 is 2.53 bits per heavy atom. The summed E-state index contributed by atoms with van der Waals surface area (Å²) in [6, 6.07) is 7.10. The molecule has 0 fully saturated rings. The van der Waals surface area contributed by atoms with Gasteiger partial charge in [0.05, 0.1) is 12.7 Å². The molecule has 0 aliphatic carbocycles. The van der Waals surface area contributed by atoms with E-state index in [1.165, 1.54) is 0 Å². The second kappa shape index (κ2) is 5.14. The third-order valence-electron chi connectivity index (χ3n) is 3.22. The van der Waals surface area contributed by atoms with Gasteiger partial charge >= 0.3 is 5.97 Å². The first-order valence-electron chi connectivity index (χ1n) is 5.90. The molecule has 2 N–H and O–H groups in total. The van der Waals surface area contributed by atoms with Gasteiger partial charge in [-0.3, -0.25) is 4.79 Å². The maximum atomic E-state index is 11.6. The highest BCUT2D eigenvalue weighted by molar-refractivity contribution is 5.94. The molecule has 0 spiro atoms. The van der Waals surface area contributed by atoms with Crippen LogP contribution in [0.15, 0.2) is 35.5 Å². The molecular weight excluding hydrogens is 246 g/mol. The Morgan fingerprint density at radius 1 is 1.37 bits per heavy atom. The number of carbonyl (C=O) groups excluding carboxylic acids is 1. The molecule has 1 atom stereocenters. The van der Waals surface area contributed by atoms with Crippen molar-refractivity contribution in [3.8, 4) is 5.75 Å². The molecule has 0 radical (unpaired) electrons. The highest BCUT2D eigenvalue weighted by atomic mass is 16.5. The number of carbonyl (C=O) groups is 2. The van der Waals surface area contributed by atoms with Crippen molar-refractivity contribution in [2.24, 2.45) is 0 Å². The van der Waals surface area contributed by atoms with Crippen LogP contribution in [0.25, 0.3) is 0 Å². The molecule has 100 valence electrons. The fourth-order valence-corrected chi connectivity index (χ4v) is 2.31. The van der Waals surface area contributed by atoms with Gasteiger partial charge in [-0.15, -0.1) is 0 Å². The Kier molecular flexibility index (Phi) is 3.55. The summed E-state index contributed by atoms with van der Waals surface area (Å²) in [7, 11) is 1.57. The molecule has 0 bridgehead atoms. The Balaban J connectivity index is 2.42. The smallest absolute Gasteiger partial charge is 0.333 e. The van der Waals surface area contributed by atoms with Gasteiger partial charge in [-0.25, -0.2) is 4.79 Å². The average Bonchev–Trinajstić information content (AvgIpc) is 2.37. The molecule has 1 aromatic carbocycles. The third-order valence-corrected chi connectivity index (χ3v) is 3.22. The first-order valence-corrected chi connectivity index (χ1v) is 5.90. The Hall–Kier alpha value is -2.30. The van der Waals surface area contributed by atoms with Crippen LogP contribution in [0, 0.1) is 0 Å². The number of hydrogen-bond donors (Lipinski definition) is 2. The summed E-state index contributed by atoms with van der Waals surface area (Å²) >= 11 is 0. The summed E-state index contributed by atoms with van der Waals surface area (Å²) < 4.78 is 5.07. The van der Waals surface area contributed by atoms with Crippen LogP contribution in [0.5, 0.6) is 5.75 Å². The van der Waals surface area contributed by atoms with E-state index < -0.39 is 11.9 Å². The van der Waals surface area contributed by atoms with Gasteiger partial charge < -0.3 is 15.2 Å². The molecule has 1 aromatic rings. The maximum Gasteiger partial charge on any atom is 0.333 e. The van der Waals surface area contributed by atoms with Crippen molar-refractivity contribution in [3.05, 3.63) is 41.1 Å². The van der Waals surface area contributed by atoms with Crippen molar-refractivity contribution in [3.63, 3.8) is 0 Å². The maximum absolute atomic E-state index is 11.6. The number of amides is 1. The van der Waals surface area contributed by atoms with E-state index in [2.05, 4.69) is 5.32 Å². The molecule has 1 amide bonds. The van der Waals surface area contributed by atoms with Crippen molar-refractivity contribution in [2.45, 2.75) is 19.3 Å². The Bertz CT molecular complexity index is 545. The van der Waals surface area contributed by atoms with E-state index in [4.69, 9.17) is 4.74 Å². The number of nitrogens with one attached hydrogen (secondary N) is 1. The summed E-state index contributed by atoms with van der Waals surface area (Å²) in [5.41, 5.74) is 1.45. The number of rotatable bonds is 3. The number of carboxylic acids is 1. The van der Waals surface area contributed by atoms with Crippen LogP contribution in [-0.2, 0) is 9.59 Å². The van der Waals surface area contributed by atoms with E-state index in [0.717, 1.165) is 5.56 Å². The summed E-state index contributed by atoms with van der Waals surface area (Å²) in [6.07, 6.45) is 0.144. The van der Waals surface area contributed by atoms with Crippen molar-refractivity contribution >= 4 is 11.9 Å². The number of aliphatic carboxylic acids is 1. The van der Waals surface area contributed by atoms with E-state index in [1.807, 2.05) is 0 Å². The first kappa shape index (κ1) is 13.1. The van der Waals surface area contributed by atoms with Crippen molar-refractivity contribution in [1.82, 2.24) is 5.32 Å². The lowest BCUT2D eigenvalue weighted by Crippen LogP contribution is -2.33. The van der Waals surface area contributed by atoms with Crippen molar-refractivity contribution in [2.75, 3.05) is 7.11 Å². The molecule has 0 saturated carbocycles. The Morgan fingerprint density at radius 2 is 2.00 bits per heavy atom. The van der Waals surface area contributed by atoms with Crippen LogP contribution in [0.1, 0.15) is 24.8 Å². The van der Waals surface area contributed by atoms with Crippen LogP contribution in [0.3, 0.4) is 0 Å². The molecule has 0 saturated heterocycles. The quantitative estimate of drug-likeness (QED) is 0.867. The van der Waals surface area contributed by atoms with Gasteiger partial charge in [0.1, 0.15) is 5.75 Å². The second-order valence-electron chi connectivity index (χ2n) is 4.42. The molecule has 5 heteroatoms. The van der Waals surface area contributed by atoms with Crippen LogP contribution in [-0.4, -0.2) is 24.1 Å². The lowest BCUT2D eigenvalue weighted by molar-refractivity contribution is -0.133. The fraction of sp³-hybridized carbons (Fsp3) is 0.286. The standard InChI is InChI=1S/C14H15NO4/c1-8-13(14(17)18)11(7-12(16)15-8)9-3-5-10(19-2)6-4-9/h3-6,11H,7H2,1-2H3,(H,15,16)(H,17,18). The molecule has 0 aromatic heterocycles. The summed E-state index contributed by atoms with van der Waals surface area (Å²) in [4.78, 5) is 22.9. The SMILES string of the molecule is COc1ccc(C2CC(=O)NC(C)=C2C(=O)O)cc1. The number of ether oxygens (including phenoxy) is 1. The van der Waals surface area contributed by atoms with E-state index in [0.29, 0.717) is 11.4 Å². The number of allylic oxidation sites excluding steroid dienone is 1. The predicted octanol–water partition coefficient (Wildman–Crippen LogP) is 1.66.